The summed E-state index contributed by atoms with van der Waals surface area (Å²) in [5.74, 6) is -1.39. The highest BCUT2D eigenvalue weighted by Gasteiger charge is 2.41. The maximum absolute atomic E-state index is 13.6. The minimum atomic E-state index is -4.89. The number of hydrogen-bond donors (Lipinski definition) is 1. The highest BCUT2D eigenvalue weighted by atomic mass is 32.2. The van der Waals surface area contributed by atoms with E-state index in [0.717, 1.165) is 19.6 Å². The summed E-state index contributed by atoms with van der Waals surface area (Å²) in [4.78, 5) is 17.6. The van der Waals surface area contributed by atoms with Gasteiger partial charge in [-0.2, -0.15) is 18.4 Å². The molecule has 1 aromatic carbocycles. The van der Waals surface area contributed by atoms with Gasteiger partial charge in [0, 0.05) is 11.9 Å². The molecule has 3 aromatic rings. The molecule has 1 saturated carbocycles. The SMILES string of the molecule is Cc1nc(C2(C#N)CCC2)ccc1Oc1nnc(C(F)(F)F)c(C)c1C(=O)Nc1cccc(S(C)(=O)=O)c1. The van der Waals surface area contributed by atoms with Gasteiger partial charge in [-0.3, -0.25) is 9.78 Å². The van der Waals surface area contributed by atoms with Crippen LogP contribution in [0.2, 0.25) is 0 Å². The first-order valence-corrected chi connectivity index (χ1v) is 13.3. The molecule has 9 nitrogen and oxygen atoms in total. The van der Waals surface area contributed by atoms with Crippen molar-refractivity contribution in [3.63, 3.8) is 0 Å². The third-order valence-corrected chi connectivity index (χ3v) is 7.47. The third kappa shape index (κ3) is 5.17. The van der Waals surface area contributed by atoms with E-state index in [0.29, 0.717) is 24.2 Å². The Morgan fingerprint density at radius 2 is 1.87 bits per heavy atom. The van der Waals surface area contributed by atoms with E-state index >= 15 is 0 Å². The van der Waals surface area contributed by atoms with Crippen LogP contribution in [-0.4, -0.2) is 35.8 Å². The van der Waals surface area contributed by atoms with Crippen molar-refractivity contribution in [2.24, 2.45) is 0 Å². The Hall–Kier alpha value is -4.05. The van der Waals surface area contributed by atoms with Crippen molar-refractivity contribution in [3.8, 4) is 17.7 Å². The molecular weight excluding hydrogens is 523 g/mol. The summed E-state index contributed by atoms with van der Waals surface area (Å²) in [7, 11) is -3.60. The minimum absolute atomic E-state index is 0.0400. The number of amides is 1. The van der Waals surface area contributed by atoms with Crippen LogP contribution in [-0.2, 0) is 21.4 Å². The van der Waals surface area contributed by atoms with Crippen molar-refractivity contribution in [2.45, 2.75) is 49.6 Å². The van der Waals surface area contributed by atoms with Crippen LogP contribution in [0, 0.1) is 25.2 Å². The first-order chi connectivity index (χ1) is 17.7. The Morgan fingerprint density at radius 3 is 2.42 bits per heavy atom. The fraction of sp³-hybridized carbons (Fsp3) is 0.320. The lowest BCUT2D eigenvalue weighted by molar-refractivity contribution is -0.142. The zero-order valence-electron chi connectivity index (χ0n) is 20.5. The normalized spacial score (nSPS) is 14.8. The van der Waals surface area contributed by atoms with Crippen molar-refractivity contribution in [2.75, 3.05) is 11.6 Å². The lowest BCUT2D eigenvalue weighted by Crippen LogP contribution is -2.33. The summed E-state index contributed by atoms with van der Waals surface area (Å²) in [6.45, 7) is 2.66. The van der Waals surface area contributed by atoms with Crippen LogP contribution < -0.4 is 10.1 Å². The van der Waals surface area contributed by atoms with Crippen LogP contribution in [0.4, 0.5) is 18.9 Å². The summed E-state index contributed by atoms with van der Waals surface area (Å²) in [5.41, 5.74) is -2.17. The van der Waals surface area contributed by atoms with Crippen LogP contribution in [0.25, 0.3) is 0 Å². The van der Waals surface area contributed by atoms with E-state index in [-0.39, 0.29) is 16.3 Å². The number of rotatable bonds is 6. The quantitative estimate of drug-likeness (QED) is 0.462. The highest BCUT2D eigenvalue weighted by Crippen LogP contribution is 2.43. The van der Waals surface area contributed by atoms with Gasteiger partial charge in [-0.15, -0.1) is 10.2 Å². The monoisotopic (exact) mass is 545 g/mol. The van der Waals surface area contributed by atoms with Gasteiger partial charge in [0.1, 0.15) is 5.56 Å². The van der Waals surface area contributed by atoms with Crippen molar-refractivity contribution in [1.82, 2.24) is 15.2 Å². The highest BCUT2D eigenvalue weighted by molar-refractivity contribution is 7.90. The van der Waals surface area contributed by atoms with Crippen molar-refractivity contribution < 1.29 is 31.1 Å². The molecule has 1 aliphatic rings. The largest absolute Gasteiger partial charge is 0.435 e. The average molecular weight is 546 g/mol. The van der Waals surface area contributed by atoms with Gasteiger partial charge in [-0.25, -0.2) is 8.42 Å². The van der Waals surface area contributed by atoms with Crippen molar-refractivity contribution in [1.29, 1.82) is 5.26 Å². The van der Waals surface area contributed by atoms with Gasteiger partial charge in [0.15, 0.2) is 21.3 Å². The molecule has 0 spiro atoms. The number of nitrogens with zero attached hydrogens (tertiary/aromatic N) is 4. The fourth-order valence-electron chi connectivity index (χ4n) is 4.09. The third-order valence-electron chi connectivity index (χ3n) is 6.36. The van der Waals surface area contributed by atoms with E-state index in [4.69, 9.17) is 4.74 Å². The van der Waals surface area contributed by atoms with Gasteiger partial charge in [-0.05, 0) is 69.0 Å². The Bertz CT molecular complexity index is 1580. The molecule has 4 rings (SSSR count). The topological polar surface area (TPSA) is 135 Å². The number of carbonyl (C=O) groups is 1. The number of sulfone groups is 1. The molecule has 1 amide bonds. The lowest BCUT2D eigenvalue weighted by Gasteiger charge is -2.34. The van der Waals surface area contributed by atoms with Crippen LogP contribution in [0.5, 0.6) is 11.6 Å². The molecule has 0 bridgehead atoms. The van der Waals surface area contributed by atoms with E-state index in [1.807, 2.05) is 0 Å². The molecule has 1 aliphatic carbocycles. The van der Waals surface area contributed by atoms with E-state index in [1.54, 1.807) is 13.0 Å². The number of hydrogen-bond acceptors (Lipinski definition) is 8. The molecule has 2 aromatic heterocycles. The molecule has 0 radical (unpaired) electrons. The summed E-state index contributed by atoms with van der Waals surface area (Å²) in [5, 5.41) is 18.8. The maximum atomic E-state index is 13.6. The average Bonchev–Trinajstić information content (AvgIpc) is 2.79. The molecule has 1 N–H and O–H groups in total. The first kappa shape index (κ1) is 27.0. The van der Waals surface area contributed by atoms with Crippen LogP contribution in [0.3, 0.4) is 0 Å². The second kappa shape index (κ2) is 9.68. The van der Waals surface area contributed by atoms with Gasteiger partial charge in [0.05, 0.1) is 27.8 Å². The van der Waals surface area contributed by atoms with Crippen molar-refractivity contribution in [3.05, 3.63) is 64.6 Å². The standard InChI is InChI=1S/C25H22F3N5O4S/c1-14-20(22(34)31-16-6-4-7-17(12-16)38(3,35)36)23(33-32-21(14)25(26,27)28)37-18-8-9-19(30-15(18)2)24(13-29)10-5-11-24/h4,6-9,12H,5,10-11H2,1-3H3,(H,31,34). The maximum Gasteiger partial charge on any atom is 0.435 e. The number of nitriles is 1. The van der Waals surface area contributed by atoms with E-state index in [2.05, 4.69) is 26.6 Å². The van der Waals surface area contributed by atoms with Crippen LogP contribution >= 0.6 is 0 Å². The minimum Gasteiger partial charge on any atom is -0.435 e. The van der Waals surface area contributed by atoms with E-state index < -0.39 is 50.0 Å². The van der Waals surface area contributed by atoms with E-state index in [1.165, 1.54) is 30.3 Å². The van der Waals surface area contributed by atoms with Gasteiger partial charge in [0.25, 0.3) is 11.8 Å². The fourth-order valence-corrected chi connectivity index (χ4v) is 4.75. The molecule has 2 heterocycles. The van der Waals surface area contributed by atoms with Gasteiger partial charge in [-0.1, -0.05) is 6.07 Å². The summed E-state index contributed by atoms with van der Waals surface area (Å²) in [6.07, 6.45) is -1.67. The van der Waals surface area contributed by atoms with Gasteiger partial charge < -0.3 is 10.1 Å². The summed E-state index contributed by atoms with van der Waals surface area (Å²) in [6, 6.07) is 10.7. The van der Waals surface area contributed by atoms with Crippen LogP contribution in [0.15, 0.2) is 41.3 Å². The predicted octanol–water partition coefficient (Wildman–Crippen LogP) is 4.90. The van der Waals surface area contributed by atoms with Gasteiger partial charge in [0.2, 0.25) is 0 Å². The first-order valence-electron chi connectivity index (χ1n) is 11.4. The number of aryl methyl sites for hydroxylation is 1. The number of ether oxygens (including phenoxy) is 1. The number of benzene rings is 1. The zero-order valence-corrected chi connectivity index (χ0v) is 21.4. The van der Waals surface area contributed by atoms with Crippen molar-refractivity contribution >= 4 is 21.4 Å². The Labute approximate surface area is 216 Å². The van der Waals surface area contributed by atoms with E-state index in [9.17, 15) is 31.6 Å². The molecule has 13 heteroatoms. The predicted molar refractivity (Wildman–Crippen MR) is 129 cm³/mol. The molecule has 0 atom stereocenters. The molecule has 0 saturated heterocycles. The zero-order chi connectivity index (χ0) is 27.9. The molecule has 1 fully saturated rings. The number of alkyl halides is 3. The molecule has 38 heavy (non-hydrogen) atoms. The molecular formula is C25H22F3N5O4S. The number of anilines is 1. The number of nitrogens with one attached hydrogen (secondary N) is 1. The summed E-state index contributed by atoms with van der Waals surface area (Å²) >= 11 is 0. The van der Waals surface area contributed by atoms with Gasteiger partial charge >= 0.3 is 6.18 Å². The molecule has 0 unspecified atom stereocenters. The Balaban J connectivity index is 1.73. The second-order valence-electron chi connectivity index (χ2n) is 9.04. The number of pyridine rings is 1. The number of aromatic nitrogens is 3. The molecule has 0 aliphatic heterocycles. The molecule has 198 valence electrons. The smallest absolute Gasteiger partial charge is 0.435 e. The summed E-state index contributed by atoms with van der Waals surface area (Å²) < 4.78 is 70.2. The lowest BCUT2D eigenvalue weighted by atomic mass is 9.67. The second-order valence-corrected chi connectivity index (χ2v) is 11.1. The Morgan fingerprint density at radius 1 is 1.16 bits per heavy atom. The number of carbonyl (C=O) groups excluding carboxylic acids is 1. The number of halogens is 3. The van der Waals surface area contributed by atoms with Crippen LogP contribution in [0.1, 0.15) is 52.3 Å². The Kier molecular flexibility index (Phi) is 6.88.